The minimum atomic E-state index is -1.63. The van der Waals surface area contributed by atoms with Crippen molar-refractivity contribution in [3.05, 3.63) is 46.5 Å². The summed E-state index contributed by atoms with van der Waals surface area (Å²) in [6.45, 7) is 36.1. The van der Waals surface area contributed by atoms with E-state index in [4.69, 9.17) is 7.58 Å². The molecule has 3 nitrogen and oxygen atoms in total. The van der Waals surface area contributed by atoms with Crippen LogP contribution >= 0.6 is 0 Å². The van der Waals surface area contributed by atoms with Gasteiger partial charge >= 0.3 is 29.0 Å². The molecule has 0 N–H and O–H groups in total. The molecule has 2 aromatic carbocycles. The zero-order valence-corrected chi connectivity index (χ0v) is 34.4. The zero-order valence-electron chi connectivity index (χ0n) is 31.2. The Morgan fingerprint density at radius 2 is 0.841 bits per heavy atom. The molecule has 0 aliphatic rings. The molecule has 44 heavy (non-hydrogen) atoms. The van der Waals surface area contributed by atoms with Gasteiger partial charge in [0.05, 0.1) is 0 Å². The van der Waals surface area contributed by atoms with E-state index in [2.05, 4.69) is 135 Å². The third kappa shape index (κ3) is 11.9. The molecular formula is C38H64Al2O3S. The second-order valence-electron chi connectivity index (χ2n) is 17.0. The van der Waals surface area contributed by atoms with E-state index in [0.29, 0.717) is 23.7 Å². The lowest BCUT2D eigenvalue weighted by atomic mass is 9.85. The van der Waals surface area contributed by atoms with Crippen LogP contribution in [-0.2, 0) is 22.0 Å². The maximum Gasteiger partial charge on any atom is 0.547 e. The SMILES string of the molecule is Cc1cc([S+]([O-])c2cc(C)cc(C(C)(C)C)c2[O][Al]([CH2]C(C)C)[CH2]C(C)C)c([O][Al]([CH2]C(C)C)[CH2]C(C)C)c(C(C)(C)C)c1. The highest BCUT2D eigenvalue weighted by Crippen LogP contribution is 2.45. The van der Waals surface area contributed by atoms with E-state index in [0.717, 1.165) is 64.7 Å². The summed E-state index contributed by atoms with van der Waals surface area (Å²) in [5.74, 6) is 4.00. The number of hydrogen-bond acceptors (Lipinski definition) is 3. The number of benzene rings is 2. The molecule has 2 aromatic rings. The predicted octanol–water partition coefficient (Wildman–Crippen LogP) is 11.4. The molecule has 0 unspecified atom stereocenters. The summed E-state index contributed by atoms with van der Waals surface area (Å²) < 4.78 is 29.6. The van der Waals surface area contributed by atoms with Gasteiger partial charge in [-0.25, -0.2) is 0 Å². The van der Waals surface area contributed by atoms with Crippen LogP contribution in [-0.4, -0.2) is 33.5 Å². The van der Waals surface area contributed by atoms with Crippen LogP contribution in [0.5, 0.6) is 11.5 Å². The van der Waals surface area contributed by atoms with Crippen molar-refractivity contribution in [3.63, 3.8) is 0 Å². The Kier molecular flexibility index (Phi) is 14.8. The van der Waals surface area contributed by atoms with Crippen LogP contribution in [0.25, 0.3) is 0 Å². The van der Waals surface area contributed by atoms with Gasteiger partial charge < -0.3 is 12.1 Å². The van der Waals surface area contributed by atoms with Crippen LogP contribution in [0.15, 0.2) is 34.1 Å². The summed E-state index contributed by atoms with van der Waals surface area (Å²) in [6.07, 6.45) is 0. The predicted molar refractivity (Wildman–Crippen MR) is 196 cm³/mol. The Morgan fingerprint density at radius 3 is 1.07 bits per heavy atom. The third-order valence-electron chi connectivity index (χ3n) is 7.92. The average Bonchev–Trinajstić information content (AvgIpc) is 2.82. The summed E-state index contributed by atoms with van der Waals surface area (Å²) in [7, 11) is 0. The lowest BCUT2D eigenvalue weighted by Gasteiger charge is -2.31. The van der Waals surface area contributed by atoms with Crippen molar-refractivity contribution >= 4 is 40.1 Å². The summed E-state index contributed by atoms with van der Waals surface area (Å²) in [4.78, 5) is 1.61. The molecule has 6 heteroatoms. The minimum absolute atomic E-state index is 0.149. The highest BCUT2D eigenvalue weighted by atomic mass is 32.2. The largest absolute Gasteiger partial charge is 0.639 e. The van der Waals surface area contributed by atoms with Gasteiger partial charge in [-0.05, 0) is 35.8 Å². The Morgan fingerprint density at radius 1 is 0.568 bits per heavy atom. The van der Waals surface area contributed by atoms with Crippen molar-refractivity contribution in [1.29, 1.82) is 0 Å². The van der Waals surface area contributed by atoms with Gasteiger partial charge in [-0.2, -0.15) is 0 Å². The number of hydrogen-bond donors (Lipinski definition) is 0. The van der Waals surface area contributed by atoms with Gasteiger partial charge in [0, 0.05) is 34.4 Å². The quantitative estimate of drug-likeness (QED) is 0.150. The first-order chi connectivity index (χ1) is 20.1. The van der Waals surface area contributed by atoms with Crippen molar-refractivity contribution in [3.8, 4) is 11.5 Å². The first kappa shape index (κ1) is 39.6. The summed E-state index contributed by atoms with van der Waals surface area (Å²) in [5.41, 5.74) is 4.26. The Balaban J connectivity index is 2.90. The second-order valence-corrected chi connectivity index (χ2v) is 23.3. The van der Waals surface area contributed by atoms with Gasteiger partial charge in [0.1, 0.15) is 11.5 Å². The molecule has 246 valence electrons. The van der Waals surface area contributed by atoms with Gasteiger partial charge in [-0.1, -0.05) is 154 Å². The van der Waals surface area contributed by atoms with E-state index in [1.807, 2.05) is 0 Å². The molecule has 0 spiro atoms. The van der Waals surface area contributed by atoms with Gasteiger partial charge in [0.2, 0.25) is 0 Å². The third-order valence-corrected chi connectivity index (χ3v) is 16.3. The average molecular weight is 655 g/mol. The van der Waals surface area contributed by atoms with Crippen molar-refractivity contribution in [2.24, 2.45) is 23.7 Å². The van der Waals surface area contributed by atoms with Crippen LogP contribution in [0.1, 0.15) is 119 Å². The normalized spacial score (nSPS) is 12.7. The molecule has 0 bridgehead atoms. The van der Waals surface area contributed by atoms with E-state index >= 15 is 4.55 Å². The molecule has 0 amide bonds. The highest BCUT2D eigenvalue weighted by Gasteiger charge is 2.38. The zero-order chi connectivity index (χ0) is 33.7. The van der Waals surface area contributed by atoms with Gasteiger partial charge in [0.15, 0.2) is 9.79 Å². The van der Waals surface area contributed by atoms with Gasteiger partial charge in [-0.3, -0.25) is 0 Å². The molecule has 0 saturated heterocycles. The first-order valence-corrected chi connectivity index (χ1v) is 22.5. The maximum atomic E-state index is 15.2. The molecule has 0 aliphatic carbocycles. The van der Waals surface area contributed by atoms with Crippen LogP contribution in [0.3, 0.4) is 0 Å². The van der Waals surface area contributed by atoms with E-state index < -0.39 is 40.1 Å². The lowest BCUT2D eigenvalue weighted by molar-refractivity contribution is 0.475. The lowest BCUT2D eigenvalue weighted by Crippen LogP contribution is -2.29. The first-order valence-electron chi connectivity index (χ1n) is 17.1. The van der Waals surface area contributed by atoms with E-state index in [1.165, 1.54) is 0 Å². The summed E-state index contributed by atoms with van der Waals surface area (Å²) in [6, 6.07) is 8.76. The molecular weight excluding hydrogens is 590 g/mol. The molecule has 2 rings (SSSR count). The van der Waals surface area contributed by atoms with Crippen LogP contribution in [0.2, 0.25) is 21.1 Å². The van der Waals surface area contributed by atoms with Gasteiger partial charge in [-0.15, -0.1) is 0 Å². The van der Waals surface area contributed by atoms with E-state index in [9.17, 15) is 0 Å². The van der Waals surface area contributed by atoms with E-state index in [-0.39, 0.29) is 10.8 Å². The molecule has 0 aliphatic heterocycles. The Hall–Kier alpha value is -0.585. The fourth-order valence-electron chi connectivity index (χ4n) is 6.05. The van der Waals surface area contributed by atoms with Crippen molar-refractivity contribution in [2.75, 3.05) is 0 Å². The summed E-state index contributed by atoms with van der Waals surface area (Å²) in [5, 5.41) is 4.41. The monoisotopic (exact) mass is 654 g/mol. The topological polar surface area (TPSA) is 41.5 Å². The molecule has 0 saturated carbocycles. The molecule has 0 heterocycles. The number of aryl methyl sites for hydroxylation is 2. The smallest absolute Gasteiger partial charge is 0.547 e. The van der Waals surface area contributed by atoms with Crippen LogP contribution in [0.4, 0.5) is 0 Å². The second kappa shape index (κ2) is 16.5. The van der Waals surface area contributed by atoms with Crippen molar-refractivity contribution in [2.45, 2.75) is 153 Å². The van der Waals surface area contributed by atoms with Gasteiger partial charge in [0.25, 0.3) is 0 Å². The fourth-order valence-corrected chi connectivity index (χ4v) is 13.8. The minimum Gasteiger partial charge on any atom is -0.639 e. The highest BCUT2D eigenvalue weighted by molar-refractivity contribution is 7.91. The molecule has 0 atom stereocenters. The van der Waals surface area contributed by atoms with Crippen LogP contribution in [0, 0.1) is 37.5 Å². The fraction of sp³-hybridized carbons (Fsp3) is 0.684. The Bertz CT molecular complexity index is 1090. The molecule has 0 aromatic heterocycles. The maximum absolute atomic E-state index is 15.2. The molecule has 0 radical (unpaired) electrons. The summed E-state index contributed by atoms with van der Waals surface area (Å²) >= 11 is -4.73. The standard InChI is InChI=1S/C22H30O3S.4C4H9.2Al/c1-13-9-15(21(3,4)5)19(23)17(11-13)26(25)18-12-14(2)10-16(20(18)24)22(6,7)8;4*1-4(2)3;;/h9-12,23-24H,1-8H3;4*4H,1H2,2-3H3;;/q;;;;;2*+1/p-2. The molecule has 0 fully saturated rings. The number of rotatable bonds is 14. The van der Waals surface area contributed by atoms with Crippen molar-refractivity contribution in [1.82, 2.24) is 0 Å². The Labute approximate surface area is 284 Å². The van der Waals surface area contributed by atoms with Crippen LogP contribution < -0.4 is 7.58 Å². The van der Waals surface area contributed by atoms with Crippen molar-refractivity contribution < 1.29 is 12.1 Å². The van der Waals surface area contributed by atoms with E-state index in [1.54, 1.807) is 0 Å².